The van der Waals surface area contributed by atoms with Crippen LogP contribution in [0.4, 0.5) is 0 Å². The van der Waals surface area contributed by atoms with E-state index in [1.807, 2.05) is 6.07 Å². The number of carbonyl (C=O) groups is 1. The number of fused-ring (bicyclic) bond motifs is 1. The molecule has 10 nitrogen and oxygen atoms in total. The first-order chi connectivity index (χ1) is 12.9. The lowest BCUT2D eigenvalue weighted by Gasteiger charge is -2.30. The Morgan fingerprint density at radius 2 is 2.00 bits per heavy atom. The SMILES string of the molecule is CC1(C)O[C@H]2[C@@H](O1)[C@](C#N)(n1ccc(=O)[nH]c1=O)O[C@@H]2COC(=O)C(C)(C)C. The Labute approximate surface area is 161 Å². The van der Waals surface area contributed by atoms with Crippen LogP contribution in [0.5, 0.6) is 0 Å². The second-order valence-corrected chi connectivity index (χ2v) is 8.31. The average molecular weight is 393 g/mol. The first kappa shape index (κ1) is 20.3. The zero-order valence-electron chi connectivity index (χ0n) is 16.3. The molecule has 28 heavy (non-hydrogen) atoms. The van der Waals surface area contributed by atoms with E-state index in [1.165, 1.54) is 6.20 Å². The molecule has 1 N–H and O–H groups in total. The van der Waals surface area contributed by atoms with Crippen molar-refractivity contribution >= 4 is 5.97 Å². The molecule has 0 spiro atoms. The zero-order chi connectivity index (χ0) is 20.9. The molecule has 1 aromatic heterocycles. The van der Waals surface area contributed by atoms with E-state index < -0.39 is 52.5 Å². The summed E-state index contributed by atoms with van der Waals surface area (Å²) in [5.74, 6) is -1.49. The molecule has 10 heteroatoms. The molecule has 1 aromatic rings. The fraction of sp³-hybridized carbons (Fsp3) is 0.667. The van der Waals surface area contributed by atoms with Crippen molar-refractivity contribution in [2.75, 3.05) is 6.61 Å². The third kappa shape index (κ3) is 3.37. The van der Waals surface area contributed by atoms with Gasteiger partial charge in [0.2, 0.25) is 0 Å². The third-order valence-electron chi connectivity index (χ3n) is 4.55. The lowest BCUT2D eigenvalue weighted by atomic mass is 9.97. The van der Waals surface area contributed by atoms with Gasteiger partial charge in [-0.25, -0.2) is 4.79 Å². The van der Waals surface area contributed by atoms with Crippen LogP contribution in [0.25, 0.3) is 0 Å². The van der Waals surface area contributed by atoms with Crippen LogP contribution < -0.4 is 11.2 Å². The maximum absolute atomic E-state index is 12.3. The monoisotopic (exact) mass is 393 g/mol. The number of hydrogen-bond acceptors (Lipinski definition) is 8. The minimum Gasteiger partial charge on any atom is -0.462 e. The van der Waals surface area contributed by atoms with Crippen molar-refractivity contribution in [2.45, 2.75) is 64.4 Å². The van der Waals surface area contributed by atoms with Crippen molar-refractivity contribution in [3.63, 3.8) is 0 Å². The highest BCUT2D eigenvalue weighted by Gasteiger charge is 2.65. The summed E-state index contributed by atoms with van der Waals surface area (Å²) in [6.45, 7) is 8.29. The Balaban J connectivity index is 1.98. The summed E-state index contributed by atoms with van der Waals surface area (Å²) in [6, 6.07) is 3.09. The second-order valence-electron chi connectivity index (χ2n) is 8.31. The van der Waals surface area contributed by atoms with Crippen LogP contribution in [-0.2, 0) is 29.5 Å². The number of nitriles is 1. The summed E-state index contributed by atoms with van der Waals surface area (Å²) in [4.78, 5) is 38.0. The summed E-state index contributed by atoms with van der Waals surface area (Å²) >= 11 is 0. The van der Waals surface area contributed by atoms with Crippen molar-refractivity contribution < 1.29 is 23.7 Å². The summed E-state index contributed by atoms with van der Waals surface area (Å²) in [5, 5.41) is 9.94. The molecule has 2 fully saturated rings. The number of carbonyl (C=O) groups excluding carboxylic acids is 1. The van der Waals surface area contributed by atoms with Gasteiger partial charge in [-0.1, -0.05) is 0 Å². The number of ether oxygens (including phenoxy) is 4. The lowest BCUT2D eigenvalue weighted by molar-refractivity contribution is -0.221. The van der Waals surface area contributed by atoms with Crippen LogP contribution >= 0.6 is 0 Å². The van der Waals surface area contributed by atoms with Gasteiger partial charge >= 0.3 is 11.7 Å². The van der Waals surface area contributed by atoms with Crippen LogP contribution in [0.1, 0.15) is 34.6 Å². The molecule has 0 aromatic carbocycles. The molecule has 3 heterocycles. The molecule has 0 unspecified atom stereocenters. The number of nitrogens with zero attached hydrogens (tertiary/aromatic N) is 2. The molecule has 0 bridgehead atoms. The maximum atomic E-state index is 12.3. The van der Waals surface area contributed by atoms with Gasteiger partial charge in [-0.15, -0.1) is 0 Å². The fourth-order valence-electron chi connectivity index (χ4n) is 3.25. The van der Waals surface area contributed by atoms with E-state index in [0.717, 1.165) is 10.6 Å². The van der Waals surface area contributed by atoms with Gasteiger partial charge in [-0.3, -0.25) is 19.1 Å². The molecule has 4 atom stereocenters. The number of nitrogens with one attached hydrogen (secondary N) is 1. The topological polar surface area (TPSA) is 133 Å². The smallest absolute Gasteiger partial charge is 0.331 e. The first-order valence-corrected chi connectivity index (χ1v) is 8.84. The lowest BCUT2D eigenvalue weighted by Crippen LogP contribution is -2.50. The molecular formula is C18H23N3O7. The van der Waals surface area contributed by atoms with Gasteiger partial charge in [-0.2, -0.15) is 5.26 Å². The van der Waals surface area contributed by atoms with Gasteiger partial charge in [0.15, 0.2) is 11.9 Å². The van der Waals surface area contributed by atoms with Gasteiger partial charge in [0.25, 0.3) is 11.3 Å². The first-order valence-electron chi connectivity index (χ1n) is 8.84. The molecular weight excluding hydrogens is 370 g/mol. The quantitative estimate of drug-likeness (QED) is 0.721. The van der Waals surface area contributed by atoms with E-state index in [9.17, 15) is 19.6 Å². The van der Waals surface area contributed by atoms with Crippen LogP contribution in [0.3, 0.4) is 0 Å². The molecule has 0 saturated carbocycles. The highest BCUT2D eigenvalue weighted by Crippen LogP contribution is 2.46. The highest BCUT2D eigenvalue weighted by atomic mass is 16.8. The molecule has 2 saturated heterocycles. The number of hydrogen-bond donors (Lipinski definition) is 1. The highest BCUT2D eigenvalue weighted by molar-refractivity contribution is 5.75. The van der Waals surface area contributed by atoms with Gasteiger partial charge < -0.3 is 18.9 Å². The van der Waals surface area contributed by atoms with E-state index in [2.05, 4.69) is 4.98 Å². The number of H-pyrrole nitrogens is 1. The van der Waals surface area contributed by atoms with Crippen LogP contribution in [0.2, 0.25) is 0 Å². The molecule has 3 rings (SSSR count). The second kappa shape index (κ2) is 6.55. The van der Waals surface area contributed by atoms with Crippen LogP contribution in [0.15, 0.2) is 21.9 Å². The van der Waals surface area contributed by atoms with Crippen molar-refractivity contribution in [1.29, 1.82) is 5.26 Å². The number of rotatable bonds is 3. The zero-order valence-corrected chi connectivity index (χ0v) is 16.3. The molecule has 0 amide bonds. The van der Waals surface area contributed by atoms with Gasteiger partial charge in [-0.05, 0) is 34.6 Å². The van der Waals surface area contributed by atoms with Gasteiger partial charge in [0.05, 0.1) is 5.41 Å². The van der Waals surface area contributed by atoms with Crippen molar-refractivity contribution in [1.82, 2.24) is 9.55 Å². The van der Waals surface area contributed by atoms with E-state index in [0.29, 0.717) is 0 Å². The van der Waals surface area contributed by atoms with E-state index in [-0.39, 0.29) is 6.61 Å². The van der Waals surface area contributed by atoms with Crippen LogP contribution in [-0.4, -0.2) is 46.2 Å². The summed E-state index contributed by atoms with van der Waals surface area (Å²) in [7, 11) is 0. The maximum Gasteiger partial charge on any atom is 0.331 e. The Morgan fingerprint density at radius 1 is 1.32 bits per heavy atom. The Bertz CT molecular complexity index is 936. The number of aromatic amines is 1. The molecule has 152 valence electrons. The predicted molar refractivity (Wildman–Crippen MR) is 94.0 cm³/mol. The summed E-state index contributed by atoms with van der Waals surface area (Å²) in [5.41, 5.74) is -4.04. The Kier molecular flexibility index (Phi) is 4.74. The average Bonchev–Trinajstić information content (AvgIpc) is 3.04. The van der Waals surface area contributed by atoms with E-state index in [4.69, 9.17) is 18.9 Å². The predicted octanol–water partition coefficient (Wildman–Crippen LogP) is 0.221. The molecule has 2 aliphatic heterocycles. The number of esters is 1. The van der Waals surface area contributed by atoms with Gasteiger partial charge in [0.1, 0.15) is 24.9 Å². The van der Waals surface area contributed by atoms with E-state index in [1.54, 1.807) is 34.6 Å². The fourth-order valence-corrected chi connectivity index (χ4v) is 3.25. The Hall–Kier alpha value is -2.48. The minimum atomic E-state index is -1.89. The van der Waals surface area contributed by atoms with Crippen molar-refractivity contribution in [3.05, 3.63) is 33.1 Å². The summed E-state index contributed by atoms with van der Waals surface area (Å²) < 4.78 is 23.9. The number of aromatic nitrogens is 2. The van der Waals surface area contributed by atoms with Crippen molar-refractivity contribution in [3.8, 4) is 6.07 Å². The Morgan fingerprint density at radius 3 is 2.57 bits per heavy atom. The largest absolute Gasteiger partial charge is 0.462 e. The third-order valence-corrected chi connectivity index (χ3v) is 4.55. The normalized spacial score (nSPS) is 31.2. The van der Waals surface area contributed by atoms with Crippen LogP contribution in [0, 0.1) is 16.7 Å². The minimum absolute atomic E-state index is 0.182. The molecule has 0 radical (unpaired) electrons. The summed E-state index contributed by atoms with van der Waals surface area (Å²) in [6.07, 6.45) is -1.42. The molecule has 0 aliphatic carbocycles. The van der Waals surface area contributed by atoms with Crippen molar-refractivity contribution in [2.24, 2.45) is 5.41 Å². The molecule has 2 aliphatic rings. The standard InChI is InChI=1S/C18H23N3O7/c1-16(2,3)14(23)25-8-10-12-13(28-17(4,5)27-12)18(9-19,26-10)21-7-6-11(22)20-15(21)24/h6-7,10,12-13H,8H2,1-5H3,(H,20,22,24)/t10-,12-,13-,18-/m1/s1. The van der Waals surface area contributed by atoms with Gasteiger partial charge in [0, 0.05) is 12.3 Å². The van der Waals surface area contributed by atoms with E-state index >= 15 is 0 Å².